The molecule has 136 valence electrons. The fourth-order valence-corrected chi connectivity index (χ4v) is 3.03. The van der Waals surface area contributed by atoms with Gasteiger partial charge in [0.2, 0.25) is 0 Å². The predicted molar refractivity (Wildman–Crippen MR) is 110 cm³/mol. The van der Waals surface area contributed by atoms with Crippen LogP contribution >= 0.6 is 24.0 Å². The van der Waals surface area contributed by atoms with Crippen LogP contribution in [0, 0.1) is 0 Å². The molecule has 1 N–H and O–H groups in total. The third kappa shape index (κ3) is 5.35. The normalized spacial score (nSPS) is 17.4. The number of rotatable bonds is 6. The molecular weight excluding hydrogens is 429 g/mol. The lowest BCUT2D eigenvalue weighted by Gasteiger charge is -2.21. The van der Waals surface area contributed by atoms with Crippen LogP contribution in [-0.2, 0) is 13.5 Å². The van der Waals surface area contributed by atoms with E-state index in [1.165, 1.54) is 5.56 Å². The van der Waals surface area contributed by atoms with E-state index in [-0.39, 0.29) is 24.0 Å². The number of aromatic nitrogens is 2. The number of halogens is 1. The molecule has 3 rings (SSSR count). The highest BCUT2D eigenvalue weighted by atomic mass is 127. The van der Waals surface area contributed by atoms with E-state index < -0.39 is 0 Å². The van der Waals surface area contributed by atoms with Gasteiger partial charge in [-0.15, -0.1) is 30.6 Å². The van der Waals surface area contributed by atoms with Crippen molar-refractivity contribution in [3.8, 4) is 0 Å². The Hall–Kier alpha value is -1.77. The third-order valence-electron chi connectivity index (χ3n) is 4.29. The van der Waals surface area contributed by atoms with Crippen molar-refractivity contribution >= 4 is 29.9 Å². The number of aryl methyl sites for hydroxylation is 1. The van der Waals surface area contributed by atoms with Crippen LogP contribution in [-0.4, -0.2) is 46.8 Å². The topological polar surface area (TPSA) is 58.6 Å². The summed E-state index contributed by atoms with van der Waals surface area (Å²) in [5.74, 6) is 2.43. The highest BCUT2D eigenvalue weighted by molar-refractivity contribution is 14.0. The number of hydrogen-bond acceptors (Lipinski definition) is 3. The van der Waals surface area contributed by atoms with Crippen LogP contribution in [0.1, 0.15) is 23.7 Å². The molecule has 0 radical (unpaired) electrons. The molecule has 0 spiro atoms. The van der Waals surface area contributed by atoms with Crippen LogP contribution in [0.15, 0.2) is 52.9 Å². The summed E-state index contributed by atoms with van der Waals surface area (Å²) < 4.78 is 7.24. The lowest BCUT2D eigenvalue weighted by molar-refractivity contribution is 0.484. The van der Waals surface area contributed by atoms with Crippen LogP contribution in [0.2, 0.25) is 0 Å². The van der Waals surface area contributed by atoms with Gasteiger partial charge >= 0.3 is 0 Å². The van der Waals surface area contributed by atoms with Gasteiger partial charge in [-0.3, -0.25) is 9.67 Å². The maximum absolute atomic E-state index is 5.37. The Bertz CT molecular complexity index is 679. The van der Waals surface area contributed by atoms with Gasteiger partial charge in [0.25, 0.3) is 0 Å². The van der Waals surface area contributed by atoms with E-state index in [2.05, 4.69) is 28.1 Å². The summed E-state index contributed by atoms with van der Waals surface area (Å²) >= 11 is 0. The zero-order valence-electron chi connectivity index (χ0n) is 14.6. The number of guanidine groups is 1. The number of nitrogens with zero attached hydrogens (tertiary/aromatic N) is 4. The van der Waals surface area contributed by atoms with Crippen molar-refractivity contribution in [2.24, 2.45) is 12.0 Å². The fraction of sp³-hybridized carbons (Fsp3) is 0.444. The number of furan rings is 1. The van der Waals surface area contributed by atoms with Gasteiger partial charge in [0.05, 0.1) is 12.5 Å². The Morgan fingerprint density at radius 3 is 3.12 bits per heavy atom. The molecule has 0 aromatic carbocycles. The quantitative estimate of drug-likeness (QED) is 0.315. The average Bonchev–Trinajstić information content (AvgIpc) is 3.31. The van der Waals surface area contributed by atoms with Crippen molar-refractivity contribution in [1.82, 2.24) is 20.0 Å². The Morgan fingerprint density at radius 2 is 2.44 bits per heavy atom. The van der Waals surface area contributed by atoms with Gasteiger partial charge in [0.15, 0.2) is 5.96 Å². The molecule has 3 heterocycles. The summed E-state index contributed by atoms with van der Waals surface area (Å²) in [6, 6.07) is 3.90. The first-order chi connectivity index (χ1) is 11.8. The Labute approximate surface area is 166 Å². The van der Waals surface area contributed by atoms with Crippen molar-refractivity contribution in [1.29, 1.82) is 0 Å². The van der Waals surface area contributed by atoms with Crippen molar-refractivity contribution in [3.63, 3.8) is 0 Å². The van der Waals surface area contributed by atoms with E-state index >= 15 is 0 Å². The van der Waals surface area contributed by atoms with Crippen LogP contribution in [0.5, 0.6) is 0 Å². The first kappa shape index (κ1) is 19.6. The molecule has 0 aliphatic carbocycles. The van der Waals surface area contributed by atoms with E-state index in [1.54, 1.807) is 6.26 Å². The summed E-state index contributed by atoms with van der Waals surface area (Å²) in [6.45, 7) is 7.18. The van der Waals surface area contributed by atoms with E-state index in [4.69, 9.17) is 9.41 Å². The minimum absolute atomic E-state index is 0. The van der Waals surface area contributed by atoms with Gasteiger partial charge in [-0.2, -0.15) is 5.10 Å². The third-order valence-corrected chi connectivity index (χ3v) is 4.29. The zero-order chi connectivity index (χ0) is 16.8. The highest BCUT2D eigenvalue weighted by Gasteiger charge is 2.26. The minimum Gasteiger partial charge on any atom is -0.469 e. The molecular formula is C18H26IN5O. The summed E-state index contributed by atoms with van der Waals surface area (Å²) in [6.07, 6.45) is 9.58. The molecule has 1 aliphatic rings. The minimum atomic E-state index is 0. The van der Waals surface area contributed by atoms with Gasteiger partial charge in [0, 0.05) is 51.8 Å². The van der Waals surface area contributed by atoms with Gasteiger partial charge in [0.1, 0.15) is 5.76 Å². The molecule has 0 amide bonds. The first-order valence-corrected chi connectivity index (χ1v) is 8.41. The molecule has 6 nitrogen and oxygen atoms in total. The summed E-state index contributed by atoms with van der Waals surface area (Å²) in [5, 5.41) is 7.66. The molecule has 7 heteroatoms. The molecule has 0 bridgehead atoms. The molecule has 1 saturated heterocycles. The number of nitrogens with one attached hydrogen (secondary N) is 1. The lowest BCUT2D eigenvalue weighted by Crippen LogP contribution is -2.40. The lowest BCUT2D eigenvalue weighted by atomic mass is 10.0. The Morgan fingerprint density at radius 1 is 1.56 bits per heavy atom. The van der Waals surface area contributed by atoms with Crippen molar-refractivity contribution < 1.29 is 4.42 Å². The van der Waals surface area contributed by atoms with E-state index in [1.807, 2.05) is 36.1 Å². The highest BCUT2D eigenvalue weighted by Crippen LogP contribution is 2.26. The van der Waals surface area contributed by atoms with Gasteiger partial charge < -0.3 is 14.6 Å². The second-order valence-electron chi connectivity index (χ2n) is 6.08. The maximum atomic E-state index is 5.37. The van der Waals surface area contributed by atoms with Crippen molar-refractivity contribution in [2.75, 3.05) is 26.2 Å². The van der Waals surface area contributed by atoms with E-state index in [9.17, 15) is 0 Å². The zero-order valence-corrected chi connectivity index (χ0v) is 16.9. The van der Waals surface area contributed by atoms with E-state index in [0.29, 0.717) is 19.0 Å². The van der Waals surface area contributed by atoms with Crippen LogP contribution in [0.25, 0.3) is 0 Å². The fourth-order valence-electron chi connectivity index (χ4n) is 3.03. The predicted octanol–water partition coefficient (Wildman–Crippen LogP) is 2.79. The summed E-state index contributed by atoms with van der Waals surface area (Å²) in [4.78, 5) is 7.08. The van der Waals surface area contributed by atoms with Gasteiger partial charge in [-0.1, -0.05) is 6.08 Å². The molecule has 0 saturated carbocycles. The number of aliphatic imine (C=N–C) groups is 1. The summed E-state index contributed by atoms with van der Waals surface area (Å²) in [5.41, 5.74) is 1.30. The van der Waals surface area contributed by atoms with Crippen molar-refractivity contribution in [3.05, 3.63) is 54.8 Å². The van der Waals surface area contributed by atoms with E-state index in [0.717, 1.165) is 37.7 Å². The second-order valence-corrected chi connectivity index (χ2v) is 6.08. The SMILES string of the molecule is C=CCNC(=NCCc1ccco1)N1CCC(c2cnn(C)c2)C1.I. The van der Waals surface area contributed by atoms with Gasteiger partial charge in [-0.25, -0.2) is 0 Å². The average molecular weight is 455 g/mol. The summed E-state index contributed by atoms with van der Waals surface area (Å²) in [7, 11) is 1.96. The molecule has 1 aliphatic heterocycles. The standard InChI is InChI=1S/C18H25N5O.HI/c1-3-8-19-18(20-9-6-17-5-4-11-24-17)23-10-7-15(14-23)16-12-21-22(2)13-16;/h3-5,11-13,15H,1,6-10,14H2,2H3,(H,19,20);1H. The molecule has 2 aromatic rings. The molecule has 1 atom stereocenters. The Kier molecular flexibility index (Phi) is 7.54. The second kappa shape index (κ2) is 9.65. The van der Waals surface area contributed by atoms with Crippen LogP contribution in [0.3, 0.4) is 0 Å². The smallest absolute Gasteiger partial charge is 0.194 e. The largest absolute Gasteiger partial charge is 0.469 e. The maximum Gasteiger partial charge on any atom is 0.194 e. The van der Waals surface area contributed by atoms with Crippen LogP contribution < -0.4 is 5.32 Å². The monoisotopic (exact) mass is 455 g/mol. The number of likely N-dealkylation sites (tertiary alicyclic amines) is 1. The van der Waals surface area contributed by atoms with Crippen LogP contribution in [0.4, 0.5) is 0 Å². The molecule has 1 unspecified atom stereocenters. The van der Waals surface area contributed by atoms with Gasteiger partial charge in [-0.05, 0) is 24.1 Å². The number of hydrogen-bond donors (Lipinski definition) is 1. The molecule has 25 heavy (non-hydrogen) atoms. The Balaban J connectivity index is 0.00000225. The molecule has 1 fully saturated rings. The molecule has 2 aromatic heterocycles. The first-order valence-electron chi connectivity index (χ1n) is 8.41. The van der Waals surface area contributed by atoms with Crippen molar-refractivity contribution in [2.45, 2.75) is 18.8 Å².